The van der Waals surface area contributed by atoms with Crippen LogP contribution < -0.4 is 10.6 Å². The first-order chi connectivity index (χ1) is 12.7. The molecule has 3 aliphatic rings. The molecule has 0 spiro atoms. The van der Waals surface area contributed by atoms with E-state index in [1.54, 1.807) is 5.57 Å². The first-order valence-electron chi connectivity index (χ1n) is 10.0. The normalized spacial score (nSPS) is 26.5. The van der Waals surface area contributed by atoms with Crippen LogP contribution in [-0.4, -0.2) is 46.5 Å². The van der Waals surface area contributed by atoms with Crippen molar-refractivity contribution in [2.45, 2.75) is 57.4 Å². The summed E-state index contributed by atoms with van der Waals surface area (Å²) in [6.07, 6.45) is 12.7. The number of nitrogen functional groups attached to an aromatic ring is 1. The van der Waals surface area contributed by atoms with E-state index in [2.05, 4.69) is 25.8 Å². The van der Waals surface area contributed by atoms with Gasteiger partial charge in [0.1, 0.15) is 18.0 Å². The van der Waals surface area contributed by atoms with Gasteiger partial charge in [-0.2, -0.15) is 0 Å². The first kappa shape index (κ1) is 17.3. The highest BCUT2D eigenvalue weighted by atomic mass is 16.2. The third kappa shape index (κ3) is 3.69. The average molecular weight is 355 g/mol. The minimum atomic E-state index is 0.349. The number of aromatic nitrogens is 2. The second kappa shape index (κ2) is 7.64. The van der Waals surface area contributed by atoms with Crippen molar-refractivity contribution in [3.8, 4) is 0 Å². The molecule has 4 rings (SSSR count). The summed E-state index contributed by atoms with van der Waals surface area (Å²) in [6, 6.07) is 2.23. The molecule has 2 N–H and O–H groups in total. The summed E-state index contributed by atoms with van der Waals surface area (Å²) >= 11 is 0. The van der Waals surface area contributed by atoms with E-state index < -0.39 is 0 Å². The Morgan fingerprint density at radius 2 is 2.12 bits per heavy atom. The number of allylic oxidation sites excluding steroid dienone is 1. The summed E-state index contributed by atoms with van der Waals surface area (Å²) in [4.78, 5) is 25.4. The number of rotatable bonds is 4. The molecule has 0 bridgehead atoms. The van der Waals surface area contributed by atoms with Gasteiger partial charge in [0.15, 0.2) is 0 Å². The minimum Gasteiger partial charge on any atom is -0.384 e. The zero-order valence-corrected chi connectivity index (χ0v) is 15.4. The Morgan fingerprint density at radius 1 is 1.19 bits per heavy atom. The molecular formula is C20H29N5O. The quantitative estimate of drug-likeness (QED) is 0.841. The van der Waals surface area contributed by atoms with Crippen LogP contribution in [0.1, 0.15) is 51.4 Å². The number of hydrogen-bond donors (Lipinski definition) is 1. The molecule has 2 unspecified atom stereocenters. The highest BCUT2D eigenvalue weighted by Crippen LogP contribution is 2.33. The third-order valence-electron chi connectivity index (χ3n) is 6.20. The van der Waals surface area contributed by atoms with Crippen LogP contribution in [0.15, 0.2) is 24.0 Å². The van der Waals surface area contributed by atoms with E-state index in [4.69, 9.17) is 5.73 Å². The maximum Gasteiger partial charge on any atom is 0.222 e. The molecule has 1 aliphatic carbocycles. The minimum absolute atomic E-state index is 0.349. The second-order valence-corrected chi connectivity index (χ2v) is 7.85. The van der Waals surface area contributed by atoms with Gasteiger partial charge in [-0.3, -0.25) is 4.79 Å². The topological polar surface area (TPSA) is 75.3 Å². The van der Waals surface area contributed by atoms with Crippen molar-refractivity contribution in [2.24, 2.45) is 5.92 Å². The lowest BCUT2D eigenvalue weighted by molar-refractivity contribution is -0.139. The number of amides is 1. The molecule has 1 aromatic rings. The first-order valence-corrected chi connectivity index (χ1v) is 10.0. The number of carbonyl (C=O) groups is 1. The van der Waals surface area contributed by atoms with Crippen LogP contribution in [0.3, 0.4) is 0 Å². The number of carbonyl (C=O) groups excluding carboxylic acids is 1. The lowest BCUT2D eigenvalue weighted by Gasteiger charge is -2.47. The van der Waals surface area contributed by atoms with E-state index in [0.717, 1.165) is 44.7 Å². The van der Waals surface area contributed by atoms with Crippen LogP contribution in [0.2, 0.25) is 0 Å². The summed E-state index contributed by atoms with van der Waals surface area (Å²) < 4.78 is 0. The van der Waals surface area contributed by atoms with E-state index >= 15 is 0 Å². The highest BCUT2D eigenvalue weighted by molar-refractivity contribution is 5.77. The molecular weight excluding hydrogens is 326 g/mol. The summed E-state index contributed by atoms with van der Waals surface area (Å²) in [6.45, 7) is 2.77. The summed E-state index contributed by atoms with van der Waals surface area (Å²) in [7, 11) is 0. The van der Waals surface area contributed by atoms with Crippen molar-refractivity contribution in [1.82, 2.24) is 14.9 Å². The number of piperidine rings is 2. The Balaban J connectivity index is 1.41. The molecule has 3 heterocycles. The van der Waals surface area contributed by atoms with Crippen molar-refractivity contribution in [3.05, 3.63) is 24.0 Å². The summed E-state index contributed by atoms with van der Waals surface area (Å²) in [5, 5.41) is 0. The lowest BCUT2D eigenvalue weighted by atomic mass is 9.83. The van der Waals surface area contributed by atoms with Crippen molar-refractivity contribution in [3.63, 3.8) is 0 Å². The molecule has 26 heavy (non-hydrogen) atoms. The fourth-order valence-electron chi connectivity index (χ4n) is 4.78. The molecule has 2 aliphatic heterocycles. The van der Waals surface area contributed by atoms with Crippen molar-refractivity contribution in [2.75, 3.05) is 30.3 Å². The smallest absolute Gasteiger partial charge is 0.222 e. The molecule has 1 aromatic heterocycles. The average Bonchev–Trinajstić information content (AvgIpc) is 2.68. The maximum absolute atomic E-state index is 12.6. The van der Waals surface area contributed by atoms with Gasteiger partial charge in [0.2, 0.25) is 5.91 Å². The second-order valence-electron chi connectivity index (χ2n) is 7.85. The Morgan fingerprint density at radius 3 is 2.92 bits per heavy atom. The number of hydrogen-bond acceptors (Lipinski definition) is 5. The van der Waals surface area contributed by atoms with Gasteiger partial charge in [-0.15, -0.1) is 0 Å². The summed E-state index contributed by atoms with van der Waals surface area (Å²) in [5.74, 6) is 2.30. The largest absolute Gasteiger partial charge is 0.384 e. The maximum atomic E-state index is 12.6. The van der Waals surface area contributed by atoms with Crippen LogP contribution >= 0.6 is 0 Å². The zero-order valence-electron chi connectivity index (χ0n) is 15.4. The molecule has 2 saturated heterocycles. The lowest BCUT2D eigenvalue weighted by Crippen LogP contribution is -2.56. The predicted molar refractivity (Wildman–Crippen MR) is 103 cm³/mol. The standard InChI is InChI=1S/C20H29N5O/c21-18-12-19(23-14-22-18)24-10-9-17-16(13-24)6-7-20(26)25(17)11-8-15-4-2-1-3-5-15/h4,12,14,16-17H,1-3,5-11,13H2,(H2,21,22,23). The summed E-state index contributed by atoms with van der Waals surface area (Å²) in [5.41, 5.74) is 7.37. The van der Waals surface area contributed by atoms with Gasteiger partial charge in [-0.1, -0.05) is 11.6 Å². The van der Waals surface area contributed by atoms with E-state index in [9.17, 15) is 4.79 Å². The fraction of sp³-hybridized carbons (Fsp3) is 0.650. The van der Waals surface area contributed by atoms with Crippen LogP contribution in [0, 0.1) is 5.92 Å². The third-order valence-corrected chi connectivity index (χ3v) is 6.20. The van der Waals surface area contributed by atoms with Crippen molar-refractivity contribution < 1.29 is 4.79 Å². The van der Waals surface area contributed by atoms with E-state index in [0.29, 0.717) is 30.1 Å². The van der Waals surface area contributed by atoms with Crippen LogP contribution in [-0.2, 0) is 4.79 Å². The fourth-order valence-corrected chi connectivity index (χ4v) is 4.78. The number of fused-ring (bicyclic) bond motifs is 1. The molecule has 0 saturated carbocycles. The Hall–Kier alpha value is -2.11. The molecule has 1 amide bonds. The number of nitrogens with two attached hydrogens (primary N) is 1. The SMILES string of the molecule is Nc1cc(N2CCC3C(CCC(=O)N3CCC3=CCCCC3)C2)ncn1. The van der Waals surface area contributed by atoms with Gasteiger partial charge < -0.3 is 15.5 Å². The molecule has 0 aromatic carbocycles. The molecule has 2 fully saturated rings. The van der Waals surface area contributed by atoms with Gasteiger partial charge in [0, 0.05) is 38.2 Å². The molecule has 140 valence electrons. The highest BCUT2D eigenvalue weighted by Gasteiger charge is 2.39. The van der Waals surface area contributed by atoms with Gasteiger partial charge in [-0.25, -0.2) is 9.97 Å². The van der Waals surface area contributed by atoms with Crippen molar-refractivity contribution in [1.29, 1.82) is 0 Å². The predicted octanol–water partition coefficient (Wildman–Crippen LogP) is 2.77. The Kier molecular flexibility index (Phi) is 5.09. The zero-order chi connectivity index (χ0) is 17.9. The van der Waals surface area contributed by atoms with Crippen LogP contribution in [0.25, 0.3) is 0 Å². The van der Waals surface area contributed by atoms with E-state index in [1.807, 2.05) is 6.07 Å². The van der Waals surface area contributed by atoms with Crippen molar-refractivity contribution >= 4 is 17.5 Å². The number of likely N-dealkylation sites (tertiary alicyclic amines) is 1. The van der Waals surface area contributed by atoms with E-state index in [1.165, 1.54) is 32.0 Å². The Bertz CT molecular complexity index is 689. The number of anilines is 2. The molecule has 2 atom stereocenters. The van der Waals surface area contributed by atoms with Crippen LogP contribution in [0.4, 0.5) is 11.6 Å². The van der Waals surface area contributed by atoms with Crippen LogP contribution in [0.5, 0.6) is 0 Å². The van der Waals surface area contributed by atoms with Gasteiger partial charge in [0.05, 0.1) is 0 Å². The number of nitrogens with zero attached hydrogens (tertiary/aromatic N) is 4. The van der Waals surface area contributed by atoms with Gasteiger partial charge >= 0.3 is 0 Å². The van der Waals surface area contributed by atoms with Gasteiger partial charge in [-0.05, 0) is 50.9 Å². The molecule has 6 nitrogen and oxygen atoms in total. The van der Waals surface area contributed by atoms with E-state index in [-0.39, 0.29) is 0 Å². The van der Waals surface area contributed by atoms with Gasteiger partial charge in [0.25, 0.3) is 0 Å². The molecule has 6 heteroatoms. The monoisotopic (exact) mass is 355 g/mol. The Labute approximate surface area is 155 Å². The molecule has 0 radical (unpaired) electrons.